The van der Waals surface area contributed by atoms with Gasteiger partial charge in [0.2, 0.25) is 0 Å². The molecule has 0 aromatic heterocycles. The molecular weight excluding hydrogens is 436 g/mol. The van der Waals surface area contributed by atoms with Gasteiger partial charge in [0.05, 0.1) is 39.5 Å². The smallest absolute Gasteiger partial charge is 0.311 e. The summed E-state index contributed by atoms with van der Waals surface area (Å²) in [5.74, 6) is 1.15. The lowest BCUT2D eigenvalue weighted by atomic mass is 9.97. The zero-order valence-corrected chi connectivity index (χ0v) is 20.7. The van der Waals surface area contributed by atoms with Crippen LogP contribution in [-0.2, 0) is 32.2 Å². The van der Waals surface area contributed by atoms with Crippen molar-refractivity contribution in [2.75, 3.05) is 27.4 Å². The zero-order chi connectivity index (χ0) is 25.1. The Balaban J connectivity index is 2.07. The summed E-state index contributed by atoms with van der Waals surface area (Å²) in [6, 6.07) is 14.9. The highest BCUT2D eigenvalue weighted by Gasteiger charge is 2.28. The van der Waals surface area contributed by atoms with E-state index in [1.807, 2.05) is 48.5 Å². The van der Waals surface area contributed by atoms with Gasteiger partial charge in [-0.05, 0) is 61.7 Å². The second kappa shape index (κ2) is 13.1. The van der Waals surface area contributed by atoms with Gasteiger partial charge in [-0.25, -0.2) is 0 Å². The highest BCUT2D eigenvalue weighted by Crippen LogP contribution is 2.21. The van der Waals surface area contributed by atoms with Crippen LogP contribution < -0.4 is 9.47 Å². The third-order valence-corrected chi connectivity index (χ3v) is 5.19. The Morgan fingerprint density at radius 2 is 1.29 bits per heavy atom. The highest BCUT2D eigenvalue weighted by atomic mass is 16.6. The fourth-order valence-electron chi connectivity index (χ4n) is 2.95. The molecule has 0 heterocycles. The molecule has 7 heteroatoms. The van der Waals surface area contributed by atoms with Crippen LogP contribution in [0.15, 0.2) is 60.7 Å². The molecule has 186 valence electrons. The Bertz CT molecular complexity index is 898. The number of aliphatic hydroxyl groups excluding tert-OH is 1. The molecule has 0 aliphatic heterocycles. The average molecular weight is 473 g/mol. The number of ether oxygens (including phenoxy) is 5. The van der Waals surface area contributed by atoms with E-state index in [4.69, 9.17) is 23.7 Å². The van der Waals surface area contributed by atoms with Gasteiger partial charge in [0.15, 0.2) is 0 Å². The zero-order valence-electron chi connectivity index (χ0n) is 20.7. The van der Waals surface area contributed by atoms with E-state index in [9.17, 15) is 9.90 Å². The number of esters is 1. The van der Waals surface area contributed by atoms with Gasteiger partial charge in [-0.3, -0.25) is 4.79 Å². The second-order valence-electron chi connectivity index (χ2n) is 8.90. The van der Waals surface area contributed by atoms with Gasteiger partial charge in [-0.1, -0.05) is 30.8 Å². The Hall–Kier alpha value is -2.87. The molecule has 34 heavy (non-hydrogen) atoms. The van der Waals surface area contributed by atoms with Gasteiger partial charge in [0.1, 0.15) is 30.3 Å². The predicted octanol–water partition coefficient (Wildman–Crippen LogP) is 4.31. The van der Waals surface area contributed by atoms with Crippen LogP contribution in [-0.4, -0.2) is 50.7 Å². The quantitative estimate of drug-likeness (QED) is 0.343. The summed E-state index contributed by atoms with van der Waals surface area (Å²) in [6.45, 7) is 9.66. The highest BCUT2D eigenvalue weighted by molar-refractivity contribution is 5.75. The van der Waals surface area contributed by atoms with E-state index in [1.54, 1.807) is 35.0 Å². The van der Waals surface area contributed by atoms with Crippen molar-refractivity contribution >= 4 is 5.97 Å². The third kappa shape index (κ3) is 8.48. The predicted molar refractivity (Wildman–Crippen MR) is 130 cm³/mol. The first-order valence-corrected chi connectivity index (χ1v) is 11.1. The van der Waals surface area contributed by atoms with Gasteiger partial charge in [-0.2, -0.15) is 0 Å². The van der Waals surface area contributed by atoms with Gasteiger partial charge in [0, 0.05) is 0 Å². The summed E-state index contributed by atoms with van der Waals surface area (Å²) in [6.07, 6.45) is -1.36. The molecule has 0 saturated carbocycles. The first kappa shape index (κ1) is 27.4. The minimum atomic E-state index is -0.698. The van der Waals surface area contributed by atoms with Crippen molar-refractivity contribution in [3.8, 4) is 11.5 Å². The Labute approximate surface area is 202 Å². The lowest BCUT2D eigenvalue weighted by Crippen LogP contribution is -2.34. The van der Waals surface area contributed by atoms with E-state index in [-0.39, 0.29) is 32.4 Å². The van der Waals surface area contributed by atoms with Crippen molar-refractivity contribution in [2.24, 2.45) is 5.41 Å². The van der Waals surface area contributed by atoms with Crippen LogP contribution in [0.3, 0.4) is 0 Å². The van der Waals surface area contributed by atoms with Crippen LogP contribution in [0.2, 0.25) is 0 Å². The molecule has 0 aliphatic rings. The minimum Gasteiger partial charge on any atom is -0.497 e. The summed E-state index contributed by atoms with van der Waals surface area (Å²) < 4.78 is 27.9. The van der Waals surface area contributed by atoms with Gasteiger partial charge in [0.25, 0.3) is 0 Å². The van der Waals surface area contributed by atoms with Crippen LogP contribution >= 0.6 is 0 Å². The summed E-state index contributed by atoms with van der Waals surface area (Å²) in [5, 5.41) is 9.97. The molecule has 2 aromatic carbocycles. The van der Waals surface area contributed by atoms with E-state index in [1.165, 1.54) is 0 Å². The van der Waals surface area contributed by atoms with Crippen LogP contribution in [0.5, 0.6) is 11.5 Å². The van der Waals surface area contributed by atoms with Gasteiger partial charge < -0.3 is 28.8 Å². The van der Waals surface area contributed by atoms with Gasteiger partial charge >= 0.3 is 5.97 Å². The number of benzene rings is 2. The molecule has 1 N–H and O–H groups in total. The fraction of sp³-hybridized carbons (Fsp3) is 0.444. The molecule has 2 rings (SSSR count). The number of aliphatic hydroxyl groups is 1. The molecular formula is C27H36O7. The number of carbonyl (C=O) groups is 1. The van der Waals surface area contributed by atoms with E-state index < -0.39 is 17.6 Å². The number of hydrogen-bond donors (Lipinski definition) is 1. The molecule has 2 aromatic rings. The molecule has 0 radical (unpaired) electrons. The third-order valence-electron chi connectivity index (χ3n) is 5.19. The van der Waals surface area contributed by atoms with Crippen molar-refractivity contribution in [3.05, 3.63) is 71.8 Å². The maximum atomic E-state index is 12.3. The molecule has 0 aliphatic carbocycles. The molecule has 0 saturated heterocycles. The standard InChI is InChI=1S/C27H36O7/c1-19(24(15-28)32-16-20-7-11-22(30-5)12-8-20)25(18-34-26(29)27(2,3)4)33-17-21-9-13-23(31-6)14-10-21/h7-14,24-25,28H,1,15-18H2,2-6H3/t24-,25-/m1/s1. The molecule has 0 unspecified atom stereocenters. The summed E-state index contributed by atoms with van der Waals surface area (Å²) in [7, 11) is 3.21. The van der Waals surface area contributed by atoms with Crippen molar-refractivity contribution in [1.82, 2.24) is 0 Å². The molecule has 2 atom stereocenters. The maximum absolute atomic E-state index is 12.3. The van der Waals surface area contributed by atoms with E-state index >= 15 is 0 Å². The van der Waals surface area contributed by atoms with Crippen LogP contribution in [0.25, 0.3) is 0 Å². The van der Waals surface area contributed by atoms with Crippen molar-refractivity contribution in [3.63, 3.8) is 0 Å². The van der Waals surface area contributed by atoms with Crippen molar-refractivity contribution in [1.29, 1.82) is 0 Å². The number of rotatable bonds is 13. The normalized spacial score (nSPS) is 13.1. The molecule has 7 nitrogen and oxygen atoms in total. The van der Waals surface area contributed by atoms with Crippen LogP contribution in [0.4, 0.5) is 0 Å². The second-order valence-corrected chi connectivity index (χ2v) is 8.90. The summed E-state index contributed by atoms with van der Waals surface area (Å²) in [5.41, 5.74) is 1.68. The number of hydrogen-bond acceptors (Lipinski definition) is 7. The Morgan fingerprint density at radius 1 is 0.853 bits per heavy atom. The fourth-order valence-corrected chi connectivity index (χ4v) is 2.95. The van der Waals surface area contributed by atoms with Gasteiger partial charge in [-0.15, -0.1) is 0 Å². The van der Waals surface area contributed by atoms with E-state index in [0.717, 1.165) is 22.6 Å². The minimum absolute atomic E-state index is 0.0342. The van der Waals surface area contributed by atoms with Crippen molar-refractivity contribution in [2.45, 2.75) is 46.2 Å². The Morgan fingerprint density at radius 3 is 1.68 bits per heavy atom. The Kier molecular flexibility index (Phi) is 10.6. The van der Waals surface area contributed by atoms with Crippen molar-refractivity contribution < 1.29 is 33.6 Å². The number of methoxy groups -OCH3 is 2. The largest absolute Gasteiger partial charge is 0.497 e. The first-order chi connectivity index (χ1) is 16.2. The van der Waals surface area contributed by atoms with E-state index in [2.05, 4.69) is 6.58 Å². The molecule has 0 spiro atoms. The monoisotopic (exact) mass is 472 g/mol. The maximum Gasteiger partial charge on any atom is 0.311 e. The SMILES string of the molecule is C=C([C@@H](CO)OCc1ccc(OC)cc1)[C@@H](COC(=O)C(C)(C)C)OCc1ccc(OC)cc1. The van der Waals surface area contributed by atoms with E-state index in [0.29, 0.717) is 5.57 Å². The van der Waals surface area contributed by atoms with Crippen LogP contribution in [0.1, 0.15) is 31.9 Å². The topological polar surface area (TPSA) is 83.5 Å². The lowest BCUT2D eigenvalue weighted by molar-refractivity contribution is -0.157. The average Bonchev–Trinajstić information content (AvgIpc) is 2.84. The summed E-state index contributed by atoms with van der Waals surface area (Å²) >= 11 is 0. The first-order valence-electron chi connectivity index (χ1n) is 11.1. The van der Waals surface area contributed by atoms with Crippen LogP contribution in [0, 0.1) is 5.41 Å². The molecule has 0 fully saturated rings. The molecule has 0 amide bonds. The molecule has 0 bridgehead atoms. The summed E-state index contributed by atoms with van der Waals surface area (Å²) in [4.78, 5) is 12.3. The number of carbonyl (C=O) groups excluding carboxylic acids is 1. The lowest BCUT2D eigenvalue weighted by Gasteiger charge is -2.27.